The monoisotopic (exact) mass is 512 g/mol. The largest absolute Gasteiger partial charge is 0.490 e. The van der Waals surface area contributed by atoms with E-state index in [1.54, 1.807) is 12.3 Å². The van der Waals surface area contributed by atoms with Crippen molar-refractivity contribution in [2.24, 2.45) is 10.9 Å². The highest BCUT2D eigenvalue weighted by Gasteiger charge is 2.22. The first kappa shape index (κ1) is 23.4. The number of aromatic nitrogens is 1. The lowest BCUT2D eigenvalue weighted by Crippen LogP contribution is -2.39. The minimum atomic E-state index is -0.316. The number of nitrogens with one attached hydrogen (secondary N) is 2. The van der Waals surface area contributed by atoms with Gasteiger partial charge >= 0.3 is 0 Å². The number of pyridine rings is 1. The molecule has 0 saturated heterocycles. The lowest BCUT2D eigenvalue weighted by Gasteiger charge is -2.19. The molecule has 2 aromatic rings. The maximum atomic E-state index is 14.4. The molecule has 1 fully saturated rings. The number of hydrogen-bond acceptors (Lipinski definition) is 3. The predicted molar refractivity (Wildman–Crippen MR) is 126 cm³/mol. The third-order valence-corrected chi connectivity index (χ3v) is 4.69. The van der Waals surface area contributed by atoms with E-state index in [1.807, 2.05) is 38.1 Å². The van der Waals surface area contributed by atoms with Crippen molar-refractivity contribution in [2.75, 3.05) is 19.7 Å². The first-order chi connectivity index (χ1) is 13.7. The SMILES string of the molecule is CCNC(=NCCc1ccccn1)NC(C)c1ccc(OCC2CC2)c(F)c1.I. The minimum Gasteiger partial charge on any atom is -0.490 e. The number of aliphatic imine (C=N–C) groups is 1. The Balaban J connectivity index is 0.00000300. The molecule has 1 heterocycles. The first-order valence-corrected chi connectivity index (χ1v) is 10.0. The zero-order valence-electron chi connectivity index (χ0n) is 17.0. The van der Waals surface area contributed by atoms with Crippen molar-refractivity contribution in [3.8, 4) is 5.75 Å². The average molecular weight is 512 g/mol. The van der Waals surface area contributed by atoms with Crippen molar-refractivity contribution in [2.45, 2.75) is 39.2 Å². The Morgan fingerprint density at radius 2 is 2.14 bits per heavy atom. The van der Waals surface area contributed by atoms with E-state index in [-0.39, 0.29) is 35.8 Å². The Morgan fingerprint density at radius 3 is 2.79 bits per heavy atom. The van der Waals surface area contributed by atoms with Crippen LogP contribution in [0.2, 0.25) is 0 Å². The van der Waals surface area contributed by atoms with Crippen LogP contribution in [0.15, 0.2) is 47.6 Å². The van der Waals surface area contributed by atoms with Crippen molar-refractivity contribution in [1.29, 1.82) is 0 Å². The Bertz CT molecular complexity index is 784. The van der Waals surface area contributed by atoms with Gasteiger partial charge in [0.05, 0.1) is 12.6 Å². The number of rotatable bonds is 9. The van der Waals surface area contributed by atoms with Crippen LogP contribution in [0.1, 0.15) is 44.0 Å². The molecule has 1 aromatic heterocycles. The summed E-state index contributed by atoms with van der Waals surface area (Å²) in [6.45, 7) is 6.00. The minimum absolute atomic E-state index is 0. The standard InChI is InChI=1S/C22H29FN4O.HI/c1-3-24-22(26-13-11-19-6-4-5-12-25-19)27-16(2)18-9-10-21(20(23)14-18)28-15-17-7-8-17;/h4-6,9-10,12,14,16-17H,3,7-8,11,13,15H2,1-2H3,(H2,24,26,27);1H. The second-order valence-electron chi connectivity index (χ2n) is 7.14. The maximum Gasteiger partial charge on any atom is 0.191 e. The summed E-state index contributed by atoms with van der Waals surface area (Å²) in [5, 5.41) is 6.57. The lowest BCUT2D eigenvalue weighted by atomic mass is 10.1. The molecule has 2 N–H and O–H groups in total. The fourth-order valence-corrected chi connectivity index (χ4v) is 2.83. The number of hydrogen-bond donors (Lipinski definition) is 2. The van der Waals surface area contributed by atoms with Gasteiger partial charge in [-0.15, -0.1) is 24.0 Å². The number of benzene rings is 1. The normalized spacial score (nSPS) is 14.7. The van der Waals surface area contributed by atoms with E-state index in [2.05, 4.69) is 20.6 Å². The van der Waals surface area contributed by atoms with Gasteiger partial charge in [0, 0.05) is 31.4 Å². The van der Waals surface area contributed by atoms with Gasteiger partial charge < -0.3 is 15.4 Å². The van der Waals surface area contributed by atoms with E-state index < -0.39 is 0 Å². The van der Waals surface area contributed by atoms with Crippen molar-refractivity contribution in [3.05, 3.63) is 59.7 Å². The topological polar surface area (TPSA) is 58.5 Å². The molecule has 1 aliphatic carbocycles. The van der Waals surface area contributed by atoms with Crippen LogP contribution < -0.4 is 15.4 Å². The van der Waals surface area contributed by atoms with Crippen LogP contribution >= 0.6 is 24.0 Å². The summed E-state index contributed by atoms with van der Waals surface area (Å²) >= 11 is 0. The van der Waals surface area contributed by atoms with Gasteiger partial charge in [-0.1, -0.05) is 12.1 Å². The zero-order valence-corrected chi connectivity index (χ0v) is 19.4. The Kier molecular flexibility index (Phi) is 9.63. The second kappa shape index (κ2) is 11.9. The zero-order chi connectivity index (χ0) is 19.8. The molecule has 0 amide bonds. The Labute approximate surface area is 189 Å². The molecule has 3 rings (SSSR count). The van der Waals surface area contributed by atoms with E-state index in [9.17, 15) is 4.39 Å². The Hall–Kier alpha value is -1.90. The van der Waals surface area contributed by atoms with Crippen LogP contribution in [0, 0.1) is 11.7 Å². The lowest BCUT2D eigenvalue weighted by molar-refractivity contribution is 0.285. The molecule has 1 aromatic carbocycles. The number of halogens is 2. The molecule has 0 spiro atoms. The molecule has 5 nitrogen and oxygen atoms in total. The van der Waals surface area contributed by atoms with Crippen LogP contribution in [0.5, 0.6) is 5.75 Å². The highest BCUT2D eigenvalue weighted by Crippen LogP contribution is 2.30. The van der Waals surface area contributed by atoms with Crippen molar-refractivity contribution in [3.63, 3.8) is 0 Å². The van der Waals surface area contributed by atoms with Crippen molar-refractivity contribution < 1.29 is 9.13 Å². The summed E-state index contributed by atoms with van der Waals surface area (Å²) in [6, 6.07) is 11.0. The second-order valence-corrected chi connectivity index (χ2v) is 7.14. The summed E-state index contributed by atoms with van der Waals surface area (Å²) in [4.78, 5) is 8.92. The summed E-state index contributed by atoms with van der Waals surface area (Å²) in [6.07, 6.45) is 4.94. The van der Waals surface area contributed by atoms with E-state index >= 15 is 0 Å². The molecule has 29 heavy (non-hydrogen) atoms. The third-order valence-electron chi connectivity index (χ3n) is 4.69. The molecule has 0 bridgehead atoms. The Morgan fingerprint density at radius 1 is 1.31 bits per heavy atom. The molecular weight excluding hydrogens is 482 g/mol. The summed E-state index contributed by atoms with van der Waals surface area (Å²) < 4.78 is 19.9. The van der Waals surface area contributed by atoms with E-state index in [1.165, 1.54) is 18.9 Å². The molecule has 0 aliphatic heterocycles. The van der Waals surface area contributed by atoms with Crippen LogP contribution in [0.25, 0.3) is 0 Å². The molecular formula is C22H30FIN4O. The van der Waals surface area contributed by atoms with Crippen molar-refractivity contribution in [1.82, 2.24) is 15.6 Å². The highest BCUT2D eigenvalue weighted by atomic mass is 127. The van der Waals surface area contributed by atoms with Crippen LogP contribution in [-0.4, -0.2) is 30.6 Å². The van der Waals surface area contributed by atoms with Gasteiger partial charge in [0.15, 0.2) is 17.5 Å². The smallest absolute Gasteiger partial charge is 0.191 e. The van der Waals surface area contributed by atoms with Gasteiger partial charge in [0.2, 0.25) is 0 Å². The average Bonchev–Trinajstić information content (AvgIpc) is 3.52. The van der Waals surface area contributed by atoms with Crippen LogP contribution in [0.4, 0.5) is 4.39 Å². The van der Waals surface area contributed by atoms with E-state index in [0.717, 1.165) is 24.2 Å². The van der Waals surface area contributed by atoms with Crippen molar-refractivity contribution >= 4 is 29.9 Å². The van der Waals surface area contributed by atoms with Gasteiger partial charge in [0.25, 0.3) is 0 Å². The van der Waals surface area contributed by atoms with Gasteiger partial charge in [-0.3, -0.25) is 9.98 Å². The molecule has 1 atom stereocenters. The van der Waals surface area contributed by atoms with E-state index in [0.29, 0.717) is 30.8 Å². The predicted octanol–water partition coefficient (Wildman–Crippen LogP) is 4.49. The summed E-state index contributed by atoms with van der Waals surface area (Å²) in [5.74, 6) is 1.33. The van der Waals surface area contributed by atoms with Crippen LogP contribution in [0.3, 0.4) is 0 Å². The van der Waals surface area contributed by atoms with Gasteiger partial charge in [0.1, 0.15) is 0 Å². The van der Waals surface area contributed by atoms with Gasteiger partial charge in [-0.2, -0.15) is 0 Å². The number of guanidine groups is 1. The summed E-state index contributed by atoms with van der Waals surface area (Å²) in [5.41, 5.74) is 1.87. The molecule has 1 unspecified atom stereocenters. The first-order valence-electron chi connectivity index (χ1n) is 10.0. The fraction of sp³-hybridized carbons (Fsp3) is 0.455. The fourth-order valence-electron chi connectivity index (χ4n) is 2.83. The molecule has 7 heteroatoms. The highest BCUT2D eigenvalue weighted by molar-refractivity contribution is 14.0. The molecule has 1 aliphatic rings. The van der Waals surface area contributed by atoms with Gasteiger partial charge in [-0.25, -0.2) is 4.39 Å². The van der Waals surface area contributed by atoms with E-state index in [4.69, 9.17) is 4.74 Å². The van der Waals surface area contributed by atoms with Crippen LogP contribution in [-0.2, 0) is 6.42 Å². The molecule has 0 radical (unpaired) electrons. The number of nitrogens with zero attached hydrogens (tertiary/aromatic N) is 2. The maximum absolute atomic E-state index is 14.4. The molecule has 158 valence electrons. The quantitative estimate of drug-likeness (QED) is 0.296. The summed E-state index contributed by atoms with van der Waals surface area (Å²) in [7, 11) is 0. The third kappa shape index (κ3) is 7.79. The van der Waals surface area contributed by atoms with Gasteiger partial charge in [-0.05, 0) is 62.4 Å². The number of ether oxygens (including phenoxy) is 1. The molecule has 1 saturated carbocycles.